The molecule has 0 radical (unpaired) electrons. The Hall–Kier alpha value is -0.760. The molecule has 3 atom stereocenters. The molecule has 2 aliphatic carbocycles. The summed E-state index contributed by atoms with van der Waals surface area (Å²) in [5.74, 6) is 0.329. The van der Waals surface area contributed by atoms with Crippen molar-refractivity contribution in [3.63, 3.8) is 0 Å². The van der Waals surface area contributed by atoms with E-state index >= 15 is 0 Å². The molecule has 0 spiro atoms. The number of sulfonamides is 1. The smallest absolute Gasteiger partial charge is 0.212 e. The highest BCUT2D eigenvalue weighted by Gasteiger charge is 2.65. The Kier molecular flexibility index (Phi) is 4.66. The molecule has 134 valence electrons. The maximum absolute atomic E-state index is 12.7. The predicted octanol–water partition coefficient (Wildman–Crippen LogP) is 2.75. The molecule has 1 aromatic heterocycles. The number of ketones is 1. The van der Waals surface area contributed by atoms with Crippen LogP contribution in [-0.2, 0) is 19.6 Å². The van der Waals surface area contributed by atoms with E-state index in [-0.39, 0.29) is 29.6 Å². The van der Waals surface area contributed by atoms with Crippen molar-refractivity contribution in [1.29, 1.82) is 0 Å². The molecule has 1 N–H and O–H groups in total. The average Bonchev–Trinajstić information content (AvgIpc) is 3.14. The first-order chi connectivity index (χ1) is 11.2. The molecule has 2 fully saturated rings. The van der Waals surface area contributed by atoms with Crippen LogP contribution < -0.4 is 4.72 Å². The number of rotatable bonds is 7. The third-order valence-electron chi connectivity index (χ3n) is 6.26. The van der Waals surface area contributed by atoms with E-state index in [1.165, 1.54) is 0 Å². The van der Waals surface area contributed by atoms with Gasteiger partial charge in [-0.05, 0) is 46.6 Å². The molecular formula is C17H25NO4S2. The maximum Gasteiger partial charge on any atom is 0.212 e. The lowest BCUT2D eigenvalue weighted by Gasteiger charge is -2.36. The second-order valence-corrected chi connectivity index (χ2v) is 10.1. The molecule has 0 amide bonds. The average molecular weight is 372 g/mol. The van der Waals surface area contributed by atoms with Crippen LogP contribution in [0.2, 0.25) is 0 Å². The van der Waals surface area contributed by atoms with Gasteiger partial charge in [0.1, 0.15) is 5.78 Å². The minimum Gasteiger partial charge on any atom is -0.375 e. The fraction of sp³-hybridized carbons (Fsp3) is 0.706. The van der Waals surface area contributed by atoms with Crippen molar-refractivity contribution >= 4 is 27.1 Å². The van der Waals surface area contributed by atoms with E-state index in [0.29, 0.717) is 18.8 Å². The van der Waals surface area contributed by atoms with Gasteiger partial charge < -0.3 is 4.74 Å². The summed E-state index contributed by atoms with van der Waals surface area (Å²) in [6.45, 7) is 4.28. The Balaban J connectivity index is 1.71. The van der Waals surface area contributed by atoms with Crippen molar-refractivity contribution < 1.29 is 17.9 Å². The lowest BCUT2D eigenvalue weighted by molar-refractivity contribution is -0.128. The zero-order valence-corrected chi connectivity index (χ0v) is 16.0. The van der Waals surface area contributed by atoms with Gasteiger partial charge in [0.05, 0.1) is 11.9 Å². The van der Waals surface area contributed by atoms with Crippen LogP contribution >= 0.6 is 11.3 Å². The summed E-state index contributed by atoms with van der Waals surface area (Å²) < 4.78 is 33.4. The van der Waals surface area contributed by atoms with Crippen LogP contribution in [0.4, 0.5) is 0 Å². The first-order valence-electron chi connectivity index (χ1n) is 8.27. The van der Waals surface area contributed by atoms with Gasteiger partial charge in [0.2, 0.25) is 10.0 Å². The van der Waals surface area contributed by atoms with Gasteiger partial charge in [0.25, 0.3) is 0 Å². The monoisotopic (exact) mass is 371 g/mol. The maximum atomic E-state index is 12.7. The van der Waals surface area contributed by atoms with Crippen LogP contribution in [0.1, 0.15) is 44.8 Å². The van der Waals surface area contributed by atoms with Crippen LogP contribution in [0.5, 0.6) is 0 Å². The van der Waals surface area contributed by atoms with Gasteiger partial charge >= 0.3 is 0 Å². The molecule has 2 aliphatic rings. The highest BCUT2D eigenvalue weighted by Crippen LogP contribution is 2.64. The normalized spacial score (nSPS) is 30.0. The Morgan fingerprint density at radius 1 is 1.46 bits per heavy atom. The summed E-state index contributed by atoms with van der Waals surface area (Å²) in [7, 11) is -1.99. The number of nitrogens with one attached hydrogen (secondary N) is 1. The van der Waals surface area contributed by atoms with E-state index in [1.54, 1.807) is 18.4 Å². The number of hydrogen-bond donors (Lipinski definition) is 1. The number of fused-ring (bicyclic) bond motifs is 2. The van der Waals surface area contributed by atoms with Crippen LogP contribution in [0.25, 0.3) is 0 Å². The van der Waals surface area contributed by atoms with Crippen LogP contribution in [0.15, 0.2) is 16.8 Å². The van der Waals surface area contributed by atoms with E-state index in [2.05, 4.69) is 18.6 Å². The second kappa shape index (κ2) is 6.20. The molecule has 24 heavy (non-hydrogen) atoms. The van der Waals surface area contributed by atoms with E-state index in [4.69, 9.17) is 4.74 Å². The van der Waals surface area contributed by atoms with Crippen LogP contribution in [-0.4, -0.2) is 33.6 Å². The minimum atomic E-state index is -3.56. The third-order valence-corrected chi connectivity index (χ3v) is 8.44. The fourth-order valence-electron chi connectivity index (χ4n) is 4.48. The number of carbonyl (C=O) groups excluding carboxylic acids is 1. The quantitative estimate of drug-likeness (QED) is 0.800. The zero-order valence-electron chi connectivity index (χ0n) is 14.4. The molecule has 2 bridgehead atoms. The standard InChI is InChI=1S/C17H25NO4S2/c1-16(2)13-4-6-17(16,15(19)8-13)11-24(20,21)18-9-14(22-3)12-5-7-23-10-12/h5,7,10,13-14,18H,4,6,8-9,11H2,1-3H3/t13-,14-,17-/m0/s1. The fourth-order valence-corrected chi connectivity index (χ4v) is 7.02. The molecule has 5 nitrogen and oxygen atoms in total. The van der Waals surface area contributed by atoms with E-state index in [0.717, 1.165) is 12.0 Å². The Morgan fingerprint density at radius 2 is 2.21 bits per heavy atom. The molecular weight excluding hydrogens is 346 g/mol. The first-order valence-corrected chi connectivity index (χ1v) is 10.9. The van der Waals surface area contributed by atoms with Crippen LogP contribution in [0.3, 0.4) is 0 Å². The van der Waals surface area contributed by atoms with Gasteiger partial charge in [-0.15, -0.1) is 0 Å². The van der Waals surface area contributed by atoms with Gasteiger partial charge in [-0.25, -0.2) is 13.1 Å². The van der Waals surface area contributed by atoms with Crippen LogP contribution in [0, 0.1) is 16.7 Å². The zero-order chi connectivity index (χ0) is 17.6. The largest absolute Gasteiger partial charge is 0.375 e. The topological polar surface area (TPSA) is 72.5 Å². The van der Waals surface area contributed by atoms with E-state index in [9.17, 15) is 13.2 Å². The summed E-state index contributed by atoms with van der Waals surface area (Å²) in [6.07, 6.45) is 1.84. The summed E-state index contributed by atoms with van der Waals surface area (Å²) in [5, 5.41) is 3.89. The Morgan fingerprint density at radius 3 is 2.71 bits per heavy atom. The Bertz CT molecular complexity index is 711. The number of ether oxygens (including phenoxy) is 1. The number of methoxy groups -OCH3 is 1. The highest BCUT2D eigenvalue weighted by molar-refractivity contribution is 7.89. The molecule has 0 aromatic carbocycles. The SMILES string of the molecule is CO[C@@H](CNS(=O)(=O)C[C@@]12CC[C@@H](CC1=O)C2(C)C)c1ccsc1. The van der Waals surface area contributed by atoms with Gasteiger partial charge in [0, 0.05) is 25.5 Å². The number of carbonyl (C=O) groups is 1. The van der Waals surface area contributed by atoms with E-state index in [1.807, 2.05) is 16.8 Å². The Labute approximate surface area is 147 Å². The summed E-state index contributed by atoms with van der Waals surface area (Å²) in [6, 6.07) is 1.93. The van der Waals surface area contributed by atoms with Crippen molar-refractivity contribution in [2.75, 3.05) is 19.4 Å². The van der Waals surface area contributed by atoms with Gasteiger partial charge in [-0.3, -0.25) is 4.79 Å². The van der Waals surface area contributed by atoms with Crippen molar-refractivity contribution in [3.8, 4) is 0 Å². The number of thiophene rings is 1. The van der Waals surface area contributed by atoms with Crippen molar-refractivity contribution in [2.45, 2.75) is 39.2 Å². The first kappa shape index (κ1) is 18.0. The summed E-state index contributed by atoms with van der Waals surface area (Å²) >= 11 is 1.55. The summed E-state index contributed by atoms with van der Waals surface area (Å²) in [4.78, 5) is 12.5. The van der Waals surface area contributed by atoms with Crippen molar-refractivity contribution in [3.05, 3.63) is 22.4 Å². The van der Waals surface area contributed by atoms with Gasteiger partial charge in [-0.1, -0.05) is 13.8 Å². The van der Waals surface area contributed by atoms with Crippen molar-refractivity contribution in [2.24, 2.45) is 16.7 Å². The molecule has 7 heteroatoms. The third kappa shape index (κ3) is 2.85. The molecule has 3 rings (SSSR count). The molecule has 0 saturated heterocycles. The van der Waals surface area contributed by atoms with E-state index < -0.39 is 15.4 Å². The van der Waals surface area contributed by atoms with Gasteiger partial charge in [0.15, 0.2) is 0 Å². The molecule has 0 aliphatic heterocycles. The van der Waals surface area contributed by atoms with Gasteiger partial charge in [-0.2, -0.15) is 11.3 Å². The molecule has 1 heterocycles. The number of hydrogen-bond acceptors (Lipinski definition) is 5. The lowest BCUT2D eigenvalue weighted by Crippen LogP contribution is -2.46. The molecule has 1 aromatic rings. The molecule has 0 unspecified atom stereocenters. The number of Topliss-reactive ketones (excluding diaryl/α,β-unsaturated/α-hetero) is 1. The summed E-state index contributed by atoms with van der Waals surface area (Å²) in [5.41, 5.74) is -0.0112. The minimum absolute atomic E-state index is 0.109. The molecule has 2 saturated carbocycles. The second-order valence-electron chi connectivity index (χ2n) is 7.56. The predicted molar refractivity (Wildman–Crippen MR) is 94.4 cm³/mol. The lowest BCUT2D eigenvalue weighted by atomic mass is 9.70. The van der Waals surface area contributed by atoms with Crippen molar-refractivity contribution in [1.82, 2.24) is 4.72 Å². The highest BCUT2D eigenvalue weighted by atomic mass is 32.2.